The van der Waals surface area contributed by atoms with Crippen molar-refractivity contribution in [1.82, 2.24) is 9.88 Å². The van der Waals surface area contributed by atoms with Crippen molar-refractivity contribution in [2.75, 3.05) is 20.8 Å². The smallest absolute Gasteiger partial charge is 0.0621 e. The number of nitrogens with one attached hydrogen (secondary N) is 1. The number of benzene rings is 1. The zero-order chi connectivity index (χ0) is 11.8. The highest BCUT2D eigenvalue weighted by Crippen LogP contribution is 2.29. The molecule has 3 heteroatoms. The van der Waals surface area contributed by atoms with Gasteiger partial charge in [-0.3, -0.25) is 4.90 Å². The SMILES string of the molecule is COCC1Cc2c([nH]c3ccccc23)CN1C. The van der Waals surface area contributed by atoms with Crippen molar-refractivity contribution in [3.8, 4) is 0 Å². The summed E-state index contributed by atoms with van der Waals surface area (Å²) in [6, 6.07) is 9.05. The van der Waals surface area contributed by atoms with Crippen molar-refractivity contribution in [3.05, 3.63) is 35.5 Å². The number of H-pyrrole nitrogens is 1. The summed E-state index contributed by atoms with van der Waals surface area (Å²) < 4.78 is 5.30. The second-order valence-corrected chi connectivity index (χ2v) is 4.86. The molecule has 2 heterocycles. The summed E-state index contributed by atoms with van der Waals surface area (Å²) in [7, 11) is 3.94. The van der Waals surface area contributed by atoms with E-state index in [9.17, 15) is 0 Å². The Morgan fingerprint density at radius 3 is 3.06 bits per heavy atom. The number of aromatic nitrogens is 1. The van der Waals surface area contributed by atoms with E-state index >= 15 is 0 Å². The van der Waals surface area contributed by atoms with Gasteiger partial charge in [0.15, 0.2) is 0 Å². The monoisotopic (exact) mass is 230 g/mol. The maximum atomic E-state index is 5.30. The van der Waals surface area contributed by atoms with Gasteiger partial charge in [-0.2, -0.15) is 0 Å². The third-order valence-electron chi connectivity index (χ3n) is 3.73. The summed E-state index contributed by atoms with van der Waals surface area (Å²) in [4.78, 5) is 5.89. The van der Waals surface area contributed by atoms with E-state index in [2.05, 4.69) is 41.2 Å². The van der Waals surface area contributed by atoms with E-state index in [1.54, 1.807) is 7.11 Å². The molecule has 1 aromatic heterocycles. The molecule has 0 fully saturated rings. The number of rotatable bonds is 2. The first-order valence-corrected chi connectivity index (χ1v) is 6.07. The highest BCUT2D eigenvalue weighted by Gasteiger charge is 2.25. The van der Waals surface area contributed by atoms with E-state index in [0.29, 0.717) is 6.04 Å². The van der Waals surface area contributed by atoms with Crippen LogP contribution in [0.4, 0.5) is 0 Å². The molecule has 0 amide bonds. The predicted molar refractivity (Wildman–Crippen MR) is 69.1 cm³/mol. The molecule has 90 valence electrons. The molecule has 1 aromatic carbocycles. The lowest BCUT2D eigenvalue weighted by molar-refractivity contribution is 0.0948. The van der Waals surface area contributed by atoms with Crippen LogP contribution < -0.4 is 0 Å². The quantitative estimate of drug-likeness (QED) is 0.856. The number of aromatic amines is 1. The first-order chi connectivity index (χ1) is 8.29. The molecule has 1 aliphatic rings. The Balaban J connectivity index is 2.04. The maximum absolute atomic E-state index is 5.30. The van der Waals surface area contributed by atoms with Crippen LogP contribution in [-0.2, 0) is 17.7 Å². The average molecular weight is 230 g/mol. The Kier molecular flexibility index (Phi) is 2.65. The number of hydrogen-bond donors (Lipinski definition) is 1. The number of methoxy groups -OCH3 is 1. The molecule has 0 saturated carbocycles. The Hall–Kier alpha value is -1.32. The van der Waals surface area contributed by atoms with Gasteiger partial charge in [0.25, 0.3) is 0 Å². The first kappa shape index (κ1) is 10.8. The van der Waals surface area contributed by atoms with Crippen LogP contribution in [0.25, 0.3) is 10.9 Å². The molecule has 1 aliphatic heterocycles. The number of para-hydroxylation sites is 1. The summed E-state index contributed by atoms with van der Waals surface area (Å²) >= 11 is 0. The summed E-state index contributed by atoms with van der Waals surface area (Å²) in [5.74, 6) is 0. The van der Waals surface area contributed by atoms with Gasteiger partial charge in [0.2, 0.25) is 0 Å². The van der Waals surface area contributed by atoms with Crippen molar-refractivity contribution >= 4 is 10.9 Å². The van der Waals surface area contributed by atoms with Crippen molar-refractivity contribution in [1.29, 1.82) is 0 Å². The van der Waals surface area contributed by atoms with Gasteiger partial charge in [0.1, 0.15) is 0 Å². The molecule has 1 atom stereocenters. The van der Waals surface area contributed by atoms with E-state index in [4.69, 9.17) is 4.74 Å². The fourth-order valence-electron chi connectivity index (χ4n) is 2.77. The van der Waals surface area contributed by atoms with Crippen molar-refractivity contribution in [3.63, 3.8) is 0 Å². The maximum Gasteiger partial charge on any atom is 0.0621 e. The highest BCUT2D eigenvalue weighted by atomic mass is 16.5. The normalized spacial score (nSPS) is 20.7. The molecule has 1 unspecified atom stereocenters. The molecular weight excluding hydrogens is 212 g/mol. The minimum atomic E-state index is 0.492. The topological polar surface area (TPSA) is 28.3 Å². The lowest BCUT2D eigenvalue weighted by atomic mass is 9.98. The molecule has 0 saturated heterocycles. The van der Waals surface area contributed by atoms with Crippen LogP contribution in [0, 0.1) is 0 Å². The summed E-state index contributed by atoms with van der Waals surface area (Å²) in [6.07, 6.45) is 1.07. The molecule has 1 N–H and O–H groups in total. The molecule has 17 heavy (non-hydrogen) atoms. The van der Waals surface area contributed by atoms with Crippen molar-refractivity contribution in [2.45, 2.75) is 19.0 Å². The highest BCUT2D eigenvalue weighted by molar-refractivity contribution is 5.84. The van der Waals surface area contributed by atoms with Gasteiger partial charge in [-0.15, -0.1) is 0 Å². The van der Waals surface area contributed by atoms with E-state index in [1.165, 1.54) is 22.2 Å². The van der Waals surface area contributed by atoms with Crippen LogP contribution in [0.5, 0.6) is 0 Å². The molecule has 0 aliphatic carbocycles. The van der Waals surface area contributed by atoms with Gasteiger partial charge >= 0.3 is 0 Å². The predicted octanol–water partition coefficient (Wildman–Crippen LogP) is 2.17. The molecule has 0 spiro atoms. The Labute approximate surface area is 101 Å². The molecular formula is C14H18N2O. The average Bonchev–Trinajstić information content (AvgIpc) is 2.67. The summed E-state index contributed by atoms with van der Waals surface area (Å²) in [5, 5.41) is 1.37. The molecule has 3 rings (SSSR count). The number of nitrogens with zero attached hydrogens (tertiary/aromatic N) is 1. The second kappa shape index (κ2) is 4.17. The van der Waals surface area contributed by atoms with Gasteiger partial charge in [-0.1, -0.05) is 18.2 Å². The first-order valence-electron chi connectivity index (χ1n) is 6.07. The van der Waals surface area contributed by atoms with E-state index in [0.717, 1.165) is 19.6 Å². The van der Waals surface area contributed by atoms with Gasteiger partial charge < -0.3 is 9.72 Å². The summed E-state index contributed by atoms with van der Waals surface area (Å²) in [5.41, 5.74) is 4.09. The second-order valence-electron chi connectivity index (χ2n) is 4.86. The molecule has 3 nitrogen and oxygen atoms in total. The van der Waals surface area contributed by atoms with Gasteiger partial charge in [0, 0.05) is 36.3 Å². The van der Waals surface area contributed by atoms with Crippen LogP contribution in [0.3, 0.4) is 0 Å². The van der Waals surface area contributed by atoms with Crippen LogP contribution in [-0.4, -0.2) is 36.7 Å². The van der Waals surface area contributed by atoms with E-state index < -0.39 is 0 Å². The molecule has 2 aromatic rings. The standard InChI is InChI=1S/C14H18N2O/c1-16-8-14-12(7-10(16)9-17-2)11-5-3-4-6-13(11)15-14/h3-6,10,15H,7-9H2,1-2H3. The molecule has 0 radical (unpaired) electrons. The summed E-state index contributed by atoms with van der Waals surface area (Å²) in [6.45, 7) is 1.79. The van der Waals surface area contributed by atoms with Crippen LogP contribution in [0.15, 0.2) is 24.3 Å². The Bertz CT molecular complexity index is 532. The Morgan fingerprint density at radius 1 is 1.41 bits per heavy atom. The van der Waals surface area contributed by atoms with Crippen LogP contribution in [0.1, 0.15) is 11.3 Å². The largest absolute Gasteiger partial charge is 0.383 e. The van der Waals surface area contributed by atoms with Crippen LogP contribution in [0.2, 0.25) is 0 Å². The van der Waals surface area contributed by atoms with Gasteiger partial charge in [-0.25, -0.2) is 0 Å². The number of likely N-dealkylation sites (N-methyl/N-ethyl adjacent to an activating group) is 1. The number of hydrogen-bond acceptors (Lipinski definition) is 2. The zero-order valence-electron chi connectivity index (χ0n) is 10.4. The van der Waals surface area contributed by atoms with Crippen molar-refractivity contribution < 1.29 is 4.74 Å². The number of fused-ring (bicyclic) bond motifs is 3. The van der Waals surface area contributed by atoms with Gasteiger partial charge in [0.05, 0.1) is 6.61 Å². The fourth-order valence-corrected chi connectivity index (χ4v) is 2.77. The van der Waals surface area contributed by atoms with Gasteiger partial charge in [-0.05, 0) is 25.1 Å². The lowest BCUT2D eigenvalue weighted by Gasteiger charge is -2.32. The fraction of sp³-hybridized carbons (Fsp3) is 0.429. The third-order valence-corrected chi connectivity index (χ3v) is 3.73. The van der Waals surface area contributed by atoms with E-state index in [-0.39, 0.29) is 0 Å². The zero-order valence-corrected chi connectivity index (χ0v) is 10.4. The minimum Gasteiger partial charge on any atom is -0.383 e. The minimum absolute atomic E-state index is 0.492. The number of ether oxygens (including phenoxy) is 1. The lowest BCUT2D eigenvalue weighted by Crippen LogP contribution is -2.40. The van der Waals surface area contributed by atoms with Crippen molar-refractivity contribution in [2.24, 2.45) is 0 Å². The third kappa shape index (κ3) is 1.75. The van der Waals surface area contributed by atoms with Crippen LogP contribution >= 0.6 is 0 Å². The molecule has 0 bridgehead atoms. The van der Waals surface area contributed by atoms with E-state index in [1.807, 2.05) is 0 Å². The Morgan fingerprint density at radius 2 is 2.24 bits per heavy atom.